The van der Waals surface area contributed by atoms with Gasteiger partial charge in [0.2, 0.25) is 5.91 Å². The van der Waals surface area contributed by atoms with Crippen LogP contribution >= 0.6 is 0 Å². The summed E-state index contributed by atoms with van der Waals surface area (Å²) >= 11 is 0. The van der Waals surface area contributed by atoms with E-state index in [9.17, 15) is 4.79 Å². The van der Waals surface area contributed by atoms with E-state index in [-0.39, 0.29) is 18.0 Å². The van der Waals surface area contributed by atoms with Crippen molar-refractivity contribution < 1.29 is 4.79 Å². The highest BCUT2D eigenvalue weighted by Gasteiger charge is 2.27. The highest BCUT2D eigenvalue weighted by atomic mass is 16.2. The van der Waals surface area contributed by atoms with Gasteiger partial charge >= 0.3 is 0 Å². The molecule has 0 radical (unpaired) electrons. The SMILES string of the molecule is Cc1n[nH]c(C)c1C1CNC(=O)[C@H](C)N1. The van der Waals surface area contributed by atoms with Crippen molar-refractivity contribution in [1.82, 2.24) is 20.8 Å². The molecule has 2 heterocycles. The van der Waals surface area contributed by atoms with E-state index >= 15 is 0 Å². The molecule has 0 aromatic carbocycles. The molecule has 1 aliphatic heterocycles. The van der Waals surface area contributed by atoms with E-state index in [2.05, 4.69) is 20.8 Å². The van der Waals surface area contributed by atoms with Gasteiger partial charge < -0.3 is 5.32 Å². The Balaban J connectivity index is 2.22. The minimum atomic E-state index is -0.141. The Morgan fingerprint density at radius 2 is 2.13 bits per heavy atom. The number of carbonyl (C=O) groups is 1. The minimum absolute atomic E-state index is 0.0602. The van der Waals surface area contributed by atoms with Gasteiger partial charge in [-0.05, 0) is 20.8 Å². The third-order valence-corrected chi connectivity index (χ3v) is 2.86. The summed E-state index contributed by atoms with van der Waals surface area (Å²) in [5.41, 5.74) is 3.23. The summed E-state index contributed by atoms with van der Waals surface area (Å²) in [6.45, 7) is 6.47. The van der Waals surface area contributed by atoms with Crippen LogP contribution in [0.2, 0.25) is 0 Å². The summed E-state index contributed by atoms with van der Waals surface area (Å²) in [6.07, 6.45) is 0. The molecule has 0 bridgehead atoms. The predicted molar refractivity (Wildman–Crippen MR) is 56.4 cm³/mol. The molecule has 2 atom stereocenters. The summed E-state index contributed by atoms with van der Waals surface area (Å²) in [5, 5.41) is 13.3. The van der Waals surface area contributed by atoms with Gasteiger partial charge in [-0.3, -0.25) is 15.2 Å². The Kier molecular flexibility index (Phi) is 2.48. The molecule has 82 valence electrons. The number of hydrogen-bond acceptors (Lipinski definition) is 3. The lowest BCUT2D eigenvalue weighted by atomic mass is 10.0. The fraction of sp³-hybridized carbons (Fsp3) is 0.600. The Morgan fingerprint density at radius 1 is 1.40 bits per heavy atom. The topological polar surface area (TPSA) is 69.8 Å². The van der Waals surface area contributed by atoms with Crippen molar-refractivity contribution in [3.8, 4) is 0 Å². The number of hydrogen-bond donors (Lipinski definition) is 3. The Bertz CT molecular complexity index is 365. The average Bonchev–Trinajstić information content (AvgIpc) is 2.52. The van der Waals surface area contributed by atoms with E-state index in [4.69, 9.17) is 0 Å². The Labute approximate surface area is 88.6 Å². The number of carbonyl (C=O) groups excluding carboxylic acids is 1. The molecule has 5 heteroatoms. The van der Waals surface area contributed by atoms with Gasteiger partial charge in [0.25, 0.3) is 0 Å². The first-order chi connectivity index (χ1) is 7.09. The highest BCUT2D eigenvalue weighted by Crippen LogP contribution is 2.21. The van der Waals surface area contributed by atoms with Crippen LogP contribution in [-0.4, -0.2) is 28.7 Å². The molecule has 2 rings (SSSR count). The van der Waals surface area contributed by atoms with Crippen LogP contribution in [0.1, 0.15) is 29.9 Å². The second-order valence-electron chi connectivity index (χ2n) is 4.03. The first-order valence-corrected chi connectivity index (χ1v) is 5.15. The van der Waals surface area contributed by atoms with Gasteiger partial charge in [-0.2, -0.15) is 5.10 Å². The first-order valence-electron chi connectivity index (χ1n) is 5.15. The van der Waals surface area contributed by atoms with Crippen LogP contribution in [-0.2, 0) is 4.79 Å². The maximum absolute atomic E-state index is 11.3. The number of H-pyrrole nitrogens is 1. The Morgan fingerprint density at radius 3 is 2.67 bits per heavy atom. The predicted octanol–water partition coefficient (Wildman–Crippen LogP) is 0.176. The fourth-order valence-corrected chi connectivity index (χ4v) is 2.05. The minimum Gasteiger partial charge on any atom is -0.353 e. The van der Waals surface area contributed by atoms with Gasteiger partial charge in [-0.15, -0.1) is 0 Å². The van der Waals surface area contributed by atoms with Gasteiger partial charge in [0, 0.05) is 17.8 Å². The van der Waals surface area contributed by atoms with E-state index in [1.54, 1.807) is 0 Å². The molecule has 0 spiro atoms. The van der Waals surface area contributed by atoms with Crippen LogP contribution < -0.4 is 10.6 Å². The van der Waals surface area contributed by atoms with Crippen LogP contribution in [0.5, 0.6) is 0 Å². The molecule has 1 fully saturated rings. The highest BCUT2D eigenvalue weighted by molar-refractivity contribution is 5.82. The summed E-state index contributed by atoms with van der Waals surface area (Å²) in [7, 11) is 0. The average molecular weight is 208 g/mol. The third-order valence-electron chi connectivity index (χ3n) is 2.86. The number of piperazine rings is 1. The van der Waals surface area contributed by atoms with Crippen LogP contribution in [0, 0.1) is 13.8 Å². The van der Waals surface area contributed by atoms with Gasteiger partial charge in [0.05, 0.1) is 17.8 Å². The van der Waals surface area contributed by atoms with Crippen molar-refractivity contribution in [3.05, 3.63) is 17.0 Å². The fourth-order valence-electron chi connectivity index (χ4n) is 2.05. The molecule has 0 aliphatic carbocycles. The van der Waals surface area contributed by atoms with Crippen LogP contribution in [0.15, 0.2) is 0 Å². The standard InChI is InChI=1S/C10H16N4O/c1-5-9(6(2)14-13-5)8-4-11-10(15)7(3)12-8/h7-8,12H,4H2,1-3H3,(H,11,15)(H,13,14)/t7-,8?/m0/s1. The zero-order valence-electron chi connectivity index (χ0n) is 9.22. The molecule has 1 unspecified atom stereocenters. The zero-order valence-corrected chi connectivity index (χ0v) is 9.22. The summed E-state index contributed by atoms with van der Waals surface area (Å²) < 4.78 is 0. The zero-order chi connectivity index (χ0) is 11.0. The van der Waals surface area contributed by atoms with Crippen molar-refractivity contribution in [1.29, 1.82) is 0 Å². The Hall–Kier alpha value is -1.36. The van der Waals surface area contributed by atoms with Crippen molar-refractivity contribution in [3.63, 3.8) is 0 Å². The molecule has 1 amide bonds. The number of rotatable bonds is 1. The van der Waals surface area contributed by atoms with E-state index in [0.29, 0.717) is 6.54 Å². The summed E-state index contributed by atoms with van der Waals surface area (Å²) in [6, 6.07) is 0.0221. The van der Waals surface area contributed by atoms with Gasteiger partial charge in [0.1, 0.15) is 0 Å². The van der Waals surface area contributed by atoms with Crippen LogP contribution in [0.25, 0.3) is 0 Å². The molecule has 1 aromatic heterocycles. The molecule has 1 aromatic rings. The van der Waals surface area contributed by atoms with Gasteiger partial charge in [-0.1, -0.05) is 0 Å². The third kappa shape index (κ3) is 1.74. The quantitative estimate of drug-likeness (QED) is 0.616. The number of aryl methyl sites for hydroxylation is 2. The second-order valence-corrected chi connectivity index (χ2v) is 4.03. The normalized spacial score (nSPS) is 26.5. The van der Waals surface area contributed by atoms with Crippen molar-refractivity contribution >= 4 is 5.91 Å². The van der Waals surface area contributed by atoms with E-state index in [0.717, 1.165) is 11.4 Å². The molecule has 1 aliphatic rings. The second kappa shape index (κ2) is 3.66. The van der Waals surface area contributed by atoms with Crippen molar-refractivity contribution in [2.75, 3.05) is 6.54 Å². The van der Waals surface area contributed by atoms with Crippen LogP contribution in [0.3, 0.4) is 0 Å². The largest absolute Gasteiger partial charge is 0.353 e. The van der Waals surface area contributed by atoms with Crippen molar-refractivity contribution in [2.24, 2.45) is 0 Å². The van der Waals surface area contributed by atoms with E-state index in [1.807, 2.05) is 20.8 Å². The number of nitrogens with one attached hydrogen (secondary N) is 3. The van der Waals surface area contributed by atoms with Crippen LogP contribution in [0.4, 0.5) is 0 Å². The molecule has 0 saturated carbocycles. The van der Waals surface area contributed by atoms with E-state index < -0.39 is 0 Å². The molecular weight excluding hydrogens is 192 g/mol. The molecular formula is C10H16N4O. The number of amides is 1. The number of aromatic amines is 1. The van der Waals surface area contributed by atoms with Crippen molar-refractivity contribution in [2.45, 2.75) is 32.9 Å². The molecule has 15 heavy (non-hydrogen) atoms. The lowest BCUT2D eigenvalue weighted by molar-refractivity contribution is -0.124. The van der Waals surface area contributed by atoms with Gasteiger partial charge in [-0.25, -0.2) is 0 Å². The maximum Gasteiger partial charge on any atom is 0.236 e. The molecule has 3 N–H and O–H groups in total. The molecule has 5 nitrogen and oxygen atoms in total. The molecule has 1 saturated heterocycles. The van der Waals surface area contributed by atoms with E-state index in [1.165, 1.54) is 5.56 Å². The number of nitrogens with zero attached hydrogens (tertiary/aromatic N) is 1. The summed E-state index contributed by atoms with van der Waals surface area (Å²) in [5.74, 6) is 0.0602. The monoisotopic (exact) mass is 208 g/mol. The first kappa shape index (κ1) is 10.2. The van der Waals surface area contributed by atoms with Gasteiger partial charge in [0.15, 0.2) is 0 Å². The maximum atomic E-state index is 11.3. The summed E-state index contributed by atoms with van der Waals surface area (Å²) in [4.78, 5) is 11.3. The lowest BCUT2D eigenvalue weighted by Gasteiger charge is -2.29. The number of aromatic nitrogens is 2. The lowest BCUT2D eigenvalue weighted by Crippen LogP contribution is -2.53. The smallest absolute Gasteiger partial charge is 0.236 e.